The minimum Gasteiger partial charge on any atom is -0.486 e. The van der Waals surface area contributed by atoms with Crippen LogP contribution < -0.4 is 10.1 Å². The summed E-state index contributed by atoms with van der Waals surface area (Å²) in [5.74, 6) is 2.76. The van der Waals surface area contributed by atoms with E-state index >= 15 is 0 Å². The first-order chi connectivity index (χ1) is 10.1. The normalized spacial score (nSPS) is 18.3. The van der Waals surface area contributed by atoms with Gasteiger partial charge in [-0.05, 0) is 17.5 Å². The fourth-order valence-corrected chi connectivity index (χ4v) is 2.68. The van der Waals surface area contributed by atoms with Crippen LogP contribution in [0.2, 0.25) is 0 Å². The Hall–Kier alpha value is -1.88. The number of nitrogens with zero attached hydrogens (tertiary/aromatic N) is 3. The smallest absolute Gasteiger partial charge is 0.171 e. The second-order valence-electron chi connectivity index (χ2n) is 6.48. The molecule has 1 N–H and O–H groups in total. The van der Waals surface area contributed by atoms with Crippen LogP contribution in [-0.2, 0) is 13.2 Å². The van der Waals surface area contributed by atoms with Crippen LogP contribution in [0.15, 0.2) is 30.3 Å². The molecule has 1 aromatic carbocycles. The van der Waals surface area contributed by atoms with E-state index in [1.54, 1.807) is 0 Å². The Kier molecular flexibility index (Phi) is 3.68. The molecular formula is C16H22N4O. The molecule has 5 heteroatoms. The Balaban J connectivity index is 1.78. The monoisotopic (exact) mass is 286 g/mol. The number of hydrogen-bond donors (Lipinski definition) is 1. The molecule has 1 aliphatic heterocycles. The van der Waals surface area contributed by atoms with Gasteiger partial charge in [-0.3, -0.25) is 0 Å². The van der Waals surface area contributed by atoms with Crippen LogP contribution >= 0.6 is 0 Å². The van der Waals surface area contributed by atoms with E-state index in [0.717, 1.165) is 30.5 Å². The van der Waals surface area contributed by atoms with Crippen molar-refractivity contribution in [2.24, 2.45) is 5.41 Å². The molecule has 0 saturated heterocycles. The lowest BCUT2D eigenvalue weighted by Crippen LogP contribution is -2.41. The van der Waals surface area contributed by atoms with Crippen LogP contribution in [-0.4, -0.2) is 21.3 Å². The minimum atomic E-state index is 0.114. The highest BCUT2D eigenvalue weighted by molar-refractivity contribution is 5.21. The van der Waals surface area contributed by atoms with Crippen molar-refractivity contribution >= 4 is 0 Å². The first kappa shape index (κ1) is 14.1. The molecular weight excluding hydrogens is 264 g/mol. The van der Waals surface area contributed by atoms with Gasteiger partial charge >= 0.3 is 0 Å². The highest BCUT2D eigenvalue weighted by atomic mass is 16.5. The summed E-state index contributed by atoms with van der Waals surface area (Å²) in [6, 6.07) is 10.0. The van der Waals surface area contributed by atoms with Crippen molar-refractivity contribution in [3.05, 3.63) is 42.0 Å². The van der Waals surface area contributed by atoms with Gasteiger partial charge in [-0.2, -0.15) is 0 Å². The average Bonchev–Trinajstić information content (AvgIpc) is 2.88. The Bertz CT molecular complexity index is 600. The zero-order valence-corrected chi connectivity index (χ0v) is 12.8. The maximum atomic E-state index is 5.79. The molecule has 1 aromatic heterocycles. The Morgan fingerprint density at radius 3 is 2.71 bits per heavy atom. The van der Waals surface area contributed by atoms with E-state index < -0.39 is 0 Å². The number of ether oxygens (including phenoxy) is 1. The minimum absolute atomic E-state index is 0.114. The summed E-state index contributed by atoms with van der Waals surface area (Å²) < 4.78 is 7.98. The van der Waals surface area contributed by atoms with Crippen molar-refractivity contribution < 1.29 is 4.74 Å². The zero-order chi connectivity index (χ0) is 14.9. The van der Waals surface area contributed by atoms with Crippen molar-refractivity contribution in [1.29, 1.82) is 0 Å². The van der Waals surface area contributed by atoms with E-state index in [1.165, 1.54) is 0 Å². The number of rotatable bonds is 3. The van der Waals surface area contributed by atoms with E-state index in [4.69, 9.17) is 4.74 Å². The lowest BCUT2D eigenvalue weighted by Gasteiger charge is -2.34. The lowest BCUT2D eigenvalue weighted by molar-refractivity contribution is 0.226. The fraction of sp³-hybridized carbons (Fsp3) is 0.500. The molecule has 1 unspecified atom stereocenters. The SMILES string of the molecule is CC(C)(C)C1NCCn2c(COc3ccccc3)nnc21. The summed E-state index contributed by atoms with van der Waals surface area (Å²) in [6.07, 6.45) is 0. The third-order valence-electron chi connectivity index (χ3n) is 3.78. The second kappa shape index (κ2) is 5.48. The predicted molar refractivity (Wildman–Crippen MR) is 81.0 cm³/mol. The quantitative estimate of drug-likeness (QED) is 0.942. The first-order valence-electron chi connectivity index (χ1n) is 7.39. The summed E-state index contributed by atoms with van der Waals surface area (Å²) in [6.45, 7) is 8.93. The highest BCUT2D eigenvalue weighted by Crippen LogP contribution is 2.33. The van der Waals surface area contributed by atoms with Gasteiger partial charge in [0, 0.05) is 13.1 Å². The summed E-state index contributed by atoms with van der Waals surface area (Å²) in [5.41, 5.74) is 0.114. The van der Waals surface area contributed by atoms with E-state index in [2.05, 4.69) is 40.9 Å². The van der Waals surface area contributed by atoms with Crippen LogP contribution in [0.25, 0.3) is 0 Å². The molecule has 21 heavy (non-hydrogen) atoms. The molecule has 0 amide bonds. The number of fused-ring (bicyclic) bond motifs is 1. The van der Waals surface area contributed by atoms with Crippen molar-refractivity contribution in [2.75, 3.05) is 6.54 Å². The molecule has 1 aliphatic rings. The highest BCUT2D eigenvalue weighted by Gasteiger charge is 2.33. The third-order valence-corrected chi connectivity index (χ3v) is 3.78. The molecule has 5 nitrogen and oxygen atoms in total. The molecule has 112 valence electrons. The van der Waals surface area contributed by atoms with E-state index in [9.17, 15) is 0 Å². The van der Waals surface area contributed by atoms with Gasteiger partial charge in [0.2, 0.25) is 0 Å². The van der Waals surface area contributed by atoms with Gasteiger partial charge in [-0.1, -0.05) is 39.0 Å². The summed E-state index contributed by atoms with van der Waals surface area (Å²) in [4.78, 5) is 0. The summed E-state index contributed by atoms with van der Waals surface area (Å²) >= 11 is 0. The molecule has 2 heterocycles. The number of nitrogens with one attached hydrogen (secondary N) is 1. The van der Waals surface area contributed by atoms with Crippen molar-refractivity contribution in [3.8, 4) is 5.75 Å². The maximum Gasteiger partial charge on any atom is 0.171 e. The van der Waals surface area contributed by atoms with Crippen molar-refractivity contribution in [2.45, 2.75) is 40.0 Å². The third kappa shape index (κ3) is 2.93. The molecule has 0 radical (unpaired) electrons. The van der Waals surface area contributed by atoms with Crippen LogP contribution in [0.4, 0.5) is 0 Å². The van der Waals surface area contributed by atoms with Gasteiger partial charge in [0.05, 0.1) is 6.04 Å². The molecule has 0 saturated carbocycles. The largest absolute Gasteiger partial charge is 0.486 e. The average molecular weight is 286 g/mol. The molecule has 0 spiro atoms. The van der Waals surface area contributed by atoms with E-state index in [0.29, 0.717) is 6.61 Å². The van der Waals surface area contributed by atoms with Crippen molar-refractivity contribution in [1.82, 2.24) is 20.1 Å². The number of hydrogen-bond acceptors (Lipinski definition) is 4. The van der Waals surface area contributed by atoms with E-state index in [1.807, 2.05) is 30.3 Å². The van der Waals surface area contributed by atoms with Gasteiger partial charge in [0.25, 0.3) is 0 Å². The Labute approximate surface area is 125 Å². The standard InChI is InChI=1S/C16H22N4O/c1-16(2,3)14-15-19-18-13(20(15)10-9-17-14)11-21-12-7-5-4-6-8-12/h4-8,14,17H,9-11H2,1-3H3. The zero-order valence-electron chi connectivity index (χ0n) is 12.8. The number of para-hydroxylation sites is 1. The first-order valence-corrected chi connectivity index (χ1v) is 7.39. The van der Waals surface area contributed by atoms with Crippen molar-refractivity contribution in [3.63, 3.8) is 0 Å². The Morgan fingerprint density at radius 2 is 2.00 bits per heavy atom. The predicted octanol–water partition coefficient (Wildman–Crippen LogP) is 2.55. The van der Waals surface area contributed by atoms with Gasteiger partial charge in [-0.25, -0.2) is 0 Å². The number of benzene rings is 1. The maximum absolute atomic E-state index is 5.79. The fourth-order valence-electron chi connectivity index (χ4n) is 2.68. The Morgan fingerprint density at radius 1 is 1.24 bits per heavy atom. The van der Waals surface area contributed by atoms with Crippen LogP contribution in [0.3, 0.4) is 0 Å². The molecule has 3 rings (SSSR count). The second-order valence-corrected chi connectivity index (χ2v) is 6.48. The van der Waals surface area contributed by atoms with Gasteiger partial charge in [0.1, 0.15) is 12.4 Å². The van der Waals surface area contributed by atoms with Crippen LogP contribution in [0.1, 0.15) is 38.5 Å². The van der Waals surface area contributed by atoms with Gasteiger partial charge in [-0.15, -0.1) is 10.2 Å². The molecule has 0 aliphatic carbocycles. The summed E-state index contributed by atoms with van der Waals surface area (Å²) in [5, 5.41) is 12.3. The topological polar surface area (TPSA) is 52.0 Å². The summed E-state index contributed by atoms with van der Waals surface area (Å²) in [7, 11) is 0. The lowest BCUT2D eigenvalue weighted by atomic mass is 9.85. The van der Waals surface area contributed by atoms with Crippen LogP contribution in [0, 0.1) is 5.41 Å². The van der Waals surface area contributed by atoms with Gasteiger partial charge < -0.3 is 14.6 Å². The van der Waals surface area contributed by atoms with Crippen LogP contribution in [0.5, 0.6) is 5.75 Å². The molecule has 1 atom stereocenters. The molecule has 0 bridgehead atoms. The molecule has 0 fully saturated rings. The van der Waals surface area contributed by atoms with E-state index in [-0.39, 0.29) is 11.5 Å². The number of aromatic nitrogens is 3. The van der Waals surface area contributed by atoms with Gasteiger partial charge in [0.15, 0.2) is 11.6 Å². The molecule has 2 aromatic rings.